The molecule has 3 saturated heterocycles. The number of hydrazine groups is 1. The van der Waals surface area contributed by atoms with Crippen LogP contribution >= 0.6 is 0 Å². The van der Waals surface area contributed by atoms with Crippen molar-refractivity contribution in [2.45, 2.75) is 110 Å². The SMILES string of the molecule is C/C=C(/C)NC1CC(C)C(C/C=C(C)/C=C/C2O[C@H](CC)CC(CO)[C@@H]2O)OC1C.C=C1CCNN1OC=O. The molecule has 0 spiro atoms. The second-order valence-electron chi connectivity index (χ2n) is 10.9. The maximum atomic E-state index is 10.5. The maximum absolute atomic E-state index is 10.5. The Morgan fingerprint density at radius 3 is 2.62 bits per heavy atom. The normalized spacial score (nSPS) is 34.1. The van der Waals surface area contributed by atoms with E-state index in [9.17, 15) is 15.0 Å². The molecule has 3 aliphatic rings. The van der Waals surface area contributed by atoms with Gasteiger partial charge < -0.3 is 29.8 Å². The van der Waals surface area contributed by atoms with Crippen molar-refractivity contribution in [2.24, 2.45) is 11.8 Å². The third-order valence-electron chi connectivity index (χ3n) is 7.81. The van der Waals surface area contributed by atoms with Crippen molar-refractivity contribution < 1.29 is 29.3 Å². The Morgan fingerprint density at radius 1 is 1.28 bits per heavy atom. The van der Waals surface area contributed by atoms with Crippen LogP contribution in [-0.2, 0) is 19.1 Å². The molecule has 6 unspecified atom stereocenters. The van der Waals surface area contributed by atoms with Crippen LogP contribution in [0.5, 0.6) is 0 Å². The lowest BCUT2D eigenvalue weighted by Gasteiger charge is -2.39. The van der Waals surface area contributed by atoms with Gasteiger partial charge in [-0.1, -0.05) is 50.3 Å². The molecule has 39 heavy (non-hydrogen) atoms. The molecule has 0 aromatic heterocycles. The second-order valence-corrected chi connectivity index (χ2v) is 10.9. The molecule has 3 aliphatic heterocycles. The van der Waals surface area contributed by atoms with Crippen molar-refractivity contribution in [3.05, 3.63) is 47.9 Å². The van der Waals surface area contributed by atoms with E-state index < -0.39 is 6.10 Å². The average Bonchev–Trinajstić information content (AvgIpc) is 3.33. The summed E-state index contributed by atoms with van der Waals surface area (Å²) in [4.78, 5) is 14.2. The van der Waals surface area contributed by atoms with Gasteiger partial charge in [-0.2, -0.15) is 5.43 Å². The van der Waals surface area contributed by atoms with Gasteiger partial charge in [-0.25, -0.2) is 0 Å². The zero-order valence-electron chi connectivity index (χ0n) is 24.6. The van der Waals surface area contributed by atoms with Crippen LogP contribution in [0.25, 0.3) is 0 Å². The molecule has 0 bridgehead atoms. The largest absolute Gasteiger partial charge is 0.396 e. The van der Waals surface area contributed by atoms with Gasteiger partial charge in [0.2, 0.25) is 0 Å². The molecular formula is C30H51N3O6. The summed E-state index contributed by atoms with van der Waals surface area (Å²) in [6.07, 6.45) is 12.1. The maximum Gasteiger partial charge on any atom is 0.322 e. The fourth-order valence-electron chi connectivity index (χ4n) is 5.08. The van der Waals surface area contributed by atoms with Crippen LogP contribution in [0.2, 0.25) is 0 Å². The van der Waals surface area contributed by atoms with E-state index in [-0.39, 0.29) is 36.9 Å². The quantitative estimate of drug-likeness (QED) is 0.238. The first-order valence-electron chi connectivity index (χ1n) is 14.3. The van der Waals surface area contributed by atoms with Gasteiger partial charge >= 0.3 is 6.47 Å². The molecule has 0 aliphatic carbocycles. The van der Waals surface area contributed by atoms with Crippen LogP contribution in [0.3, 0.4) is 0 Å². The minimum Gasteiger partial charge on any atom is -0.396 e. The number of carbonyl (C=O) groups is 1. The summed E-state index contributed by atoms with van der Waals surface area (Å²) in [6, 6.07) is 0.355. The monoisotopic (exact) mass is 549 g/mol. The van der Waals surface area contributed by atoms with E-state index in [1.165, 1.54) is 10.9 Å². The molecule has 8 atom stereocenters. The number of aliphatic hydroxyl groups excluding tert-OH is 2. The van der Waals surface area contributed by atoms with Crippen LogP contribution in [0.1, 0.15) is 73.6 Å². The first-order chi connectivity index (χ1) is 18.6. The predicted molar refractivity (Wildman–Crippen MR) is 153 cm³/mol. The average molecular weight is 550 g/mol. The van der Waals surface area contributed by atoms with Crippen molar-refractivity contribution >= 4 is 6.47 Å². The lowest BCUT2D eigenvalue weighted by atomic mass is 9.87. The number of ether oxygens (including phenoxy) is 2. The Labute approximate surface area is 234 Å². The van der Waals surface area contributed by atoms with Gasteiger partial charge in [0.1, 0.15) is 6.10 Å². The standard InChI is InChI=1S/C25H43NO4.C5H8N2O2/c1-7-18(5)26-22-13-17(4)23(29-19(22)6)11-9-16(3)10-12-24-25(28)20(15-27)14-21(8-2)30-24;1-5-2-3-6-7(5)9-4-8/h7,9-10,12,17,19-28H,8,11,13-15H2,1-6H3;4,6H,1-3H2/b12-10+,16-9+,18-7-;/t17?,19?,20?,21-,22?,23?,24?,25+;/m1./s1. The van der Waals surface area contributed by atoms with Crippen LogP contribution in [-0.4, -0.2) is 71.6 Å². The topological polar surface area (TPSA) is 113 Å². The van der Waals surface area contributed by atoms with Crippen molar-refractivity contribution in [3.63, 3.8) is 0 Å². The van der Waals surface area contributed by atoms with E-state index in [0.29, 0.717) is 24.9 Å². The van der Waals surface area contributed by atoms with Crippen molar-refractivity contribution in [1.29, 1.82) is 0 Å². The highest BCUT2D eigenvalue weighted by Crippen LogP contribution is 2.29. The number of aliphatic hydroxyl groups is 2. The fourth-order valence-corrected chi connectivity index (χ4v) is 5.08. The lowest BCUT2D eigenvalue weighted by Crippen LogP contribution is -2.48. The zero-order valence-corrected chi connectivity index (χ0v) is 24.6. The molecular weight excluding hydrogens is 498 g/mol. The molecule has 0 aromatic carbocycles. The molecule has 0 amide bonds. The third-order valence-corrected chi connectivity index (χ3v) is 7.81. The minimum atomic E-state index is -0.658. The summed E-state index contributed by atoms with van der Waals surface area (Å²) in [7, 11) is 0. The highest BCUT2D eigenvalue weighted by Gasteiger charge is 2.35. The first-order valence-corrected chi connectivity index (χ1v) is 14.3. The molecule has 3 rings (SSSR count). The lowest BCUT2D eigenvalue weighted by molar-refractivity contribution is -0.171. The number of hydrogen-bond donors (Lipinski definition) is 4. The van der Waals surface area contributed by atoms with Gasteiger partial charge in [0.25, 0.3) is 0 Å². The summed E-state index contributed by atoms with van der Waals surface area (Å²) >= 11 is 0. The van der Waals surface area contributed by atoms with Gasteiger partial charge in [-0.3, -0.25) is 4.79 Å². The molecule has 9 heteroatoms. The van der Waals surface area contributed by atoms with Gasteiger partial charge in [-0.05, 0) is 59.3 Å². The molecule has 0 saturated carbocycles. The second kappa shape index (κ2) is 16.8. The van der Waals surface area contributed by atoms with Gasteiger partial charge in [0.05, 0.1) is 36.2 Å². The van der Waals surface area contributed by atoms with E-state index >= 15 is 0 Å². The van der Waals surface area contributed by atoms with Crippen molar-refractivity contribution in [1.82, 2.24) is 15.9 Å². The zero-order chi connectivity index (χ0) is 28.9. The number of nitrogens with one attached hydrogen (secondary N) is 2. The molecule has 222 valence electrons. The summed E-state index contributed by atoms with van der Waals surface area (Å²) in [5, 5.41) is 24.9. The predicted octanol–water partition coefficient (Wildman–Crippen LogP) is 3.91. The Hall–Kier alpha value is -2.17. The molecule has 4 N–H and O–H groups in total. The molecule has 0 radical (unpaired) electrons. The molecule has 9 nitrogen and oxygen atoms in total. The van der Waals surface area contributed by atoms with E-state index in [1.807, 2.05) is 19.1 Å². The number of rotatable bonds is 10. The Balaban J connectivity index is 0.000000499. The van der Waals surface area contributed by atoms with E-state index in [0.717, 1.165) is 43.5 Å². The molecule has 0 aromatic rings. The van der Waals surface area contributed by atoms with E-state index in [4.69, 9.17) is 9.47 Å². The Morgan fingerprint density at radius 2 is 2.03 bits per heavy atom. The van der Waals surface area contributed by atoms with Crippen molar-refractivity contribution in [3.8, 4) is 0 Å². The molecule has 3 fully saturated rings. The summed E-state index contributed by atoms with van der Waals surface area (Å²) < 4.78 is 12.3. The van der Waals surface area contributed by atoms with Gasteiger partial charge in [0, 0.05) is 31.2 Å². The number of hydroxylamine groups is 1. The number of nitrogens with zero attached hydrogens (tertiary/aromatic N) is 1. The first kappa shape index (κ1) is 33.0. The summed E-state index contributed by atoms with van der Waals surface area (Å²) in [6.45, 7) is 17.5. The number of hydrogen-bond acceptors (Lipinski definition) is 9. The Bertz CT molecular complexity index is 860. The summed E-state index contributed by atoms with van der Waals surface area (Å²) in [5.41, 5.74) is 5.90. The highest BCUT2D eigenvalue weighted by atomic mass is 16.7. The van der Waals surface area contributed by atoms with Crippen LogP contribution in [0, 0.1) is 11.8 Å². The van der Waals surface area contributed by atoms with Crippen LogP contribution in [0.4, 0.5) is 0 Å². The number of allylic oxidation sites excluding steroid dienone is 4. The highest BCUT2D eigenvalue weighted by molar-refractivity contribution is 5.36. The van der Waals surface area contributed by atoms with Crippen LogP contribution in [0.15, 0.2) is 47.9 Å². The molecule has 3 heterocycles. The Kier molecular flexibility index (Phi) is 14.3. The van der Waals surface area contributed by atoms with Gasteiger partial charge in [-0.15, -0.1) is 5.17 Å². The van der Waals surface area contributed by atoms with Gasteiger partial charge in [0.15, 0.2) is 0 Å². The third kappa shape index (κ3) is 10.4. The van der Waals surface area contributed by atoms with E-state index in [1.54, 1.807) is 0 Å². The summed E-state index contributed by atoms with van der Waals surface area (Å²) in [5.74, 6) is 0.365. The van der Waals surface area contributed by atoms with E-state index in [2.05, 4.69) is 68.9 Å². The minimum absolute atomic E-state index is 0.00129. The fraction of sp³-hybridized carbons (Fsp3) is 0.700. The van der Waals surface area contributed by atoms with Crippen LogP contribution < -0.4 is 10.7 Å². The smallest absolute Gasteiger partial charge is 0.322 e. The number of carbonyl (C=O) groups excluding carboxylic acids is 1. The van der Waals surface area contributed by atoms with Crippen molar-refractivity contribution in [2.75, 3.05) is 13.2 Å².